The molecule has 0 spiro atoms. The Morgan fingerprint density at radius 2 is 1.73 bits per heavy atom. The summed E-state index contributed by atoms with van der Waals surface area (Å²) in [6, 6.07) is 0. The second-order valence-electron chi connectivity index (χ2n) is 10.7. The van der Waals surface area contributed by atoms with E-state index in [2.05, 4.69) is 0 Å². The minimum Gasteiger partial charge on any atom is -0.443 e. The summed E-state index contributed by atoms with van der Waals surface area (Å²) in [5.74, 6) is 0. The summed E-state index contributed by atoms with van der Waals surface area (Å²) >= 11 is 0. The molecular weight excluding hydrogens is 490 g/mol. The molecule has 3 fully saturated rings. The number of hydrogen-bond acceptors (Lipinski definition) is 9. The summed E-state index contributed by atoms with van der Waals surface area (Å²) in [7, 11) is 0. The molecule has 11 nitrogen and oxygen atoms in total. The van der Waals surface area contributed by atoms with Crippen molar-refractivity contribution in [2.45, 2.75) is 109 Å². The molecule has 208 valence electrons. The fraction of sp³-hybridized carbons (Fsp3) is 0.800. The Kier molecular flexibility index (Phi) is 8.85. The molecule has 6 atom stereocenters. The van der Waals surface area contributed by atoms with Crippen LogP contribution in [0.25, 0.3) is 0 Å². The molecule has 37 heavy (non-hydrogen) atoms. The number of rotatable bonds is 6. The van der Waals surface area contributed by atoms with Crippen LogP contribution in [-0.2, 0) is 28.4 Å². The molecule has 4 heterocycles. The molecule has 0 N–H and O–H groups in total. The van der Waals surface area contributed by atoms with Crippen LogP contribution in [0.5, 0.6) is 0 Å². The summed E-state index contributed by atoms with van der Waals surface area (Å²) < 4.78 is 51.5. The van der Waals surface area contributed by atoms with E-state index in [1.54, 1.807) is 20.8 Å². The van der Waals surface area contributed by atoms with E-state index in [9.17, 15) is 14.4 Å². The van der Waals surface area contributed by atoms with Crippen LogP contribution in [0.1, 0.15) is 71.1 Å². The van der Waals surface area contributed by atoms with Gasteiger partial charge in [-0.05, 0) is 66.2 Å². The van der Waals surface area contributed by atoms with E-state index in [0.717, 1.165) is 30.3 Å². The Morgan fingerprint density at radius 3 is 2.32 bits per heavy atom. The van der Waals surface area contributed by atoms with Crippen molar-refractivity contribution in [1.82, 2.24) is 9.13 Å². The van der Waals surface area contributed by atoms with E-state index in [0.29, 0.717) is 30.6 Å². The van der Waals surface area contributed by atoms with Gasteiger partial charge >= 0.3 is 11.8 Å². The van der Waals surface area contributed by atoms with Gasteiger partial charge in [0.05, 0.1) is 6.61 Å². The van der Waals surface area contributed by atoms with Crippen LogP contribution in [-0.4, -0.2) is 71.6 Å². The quantitative estimate of drug-likeness (QED) is 0.551. The van der Waals surface area contributed by atoms with Gasteiger partial charge in [-0.2, -0.15) is 4.57 Å². The molecule has 0 amide bonds. The highest BCUT2D eigenvalue weighted by Gasteiger charge is 2.49. The van der Waals surface area contributed by atoms with Gasteiger partial charge in [-0.25, -0.2) is 14.0 Å². The third-order valence-electron chi connectivity index (χ3n) is 6.43. The Balaban J connectivity index is 1.61. The van der Waals surface area contributed by atoms with Gasteiger partial charge in [0.1, 0.15) is 17.8 Å². The third-order valence-corrected chi connectivity index (χ3v) is 6.43. The second-order valence-corrected chi connectivity index (χ2v) is 10.7. The number of aromatic nitrogens is 2. The number of aryl methyl sites for hydroxylation is 1. The molecule has 0 bridgehead atoms. The Labute approximate surface area is 214 Å². The van der Waals surface area contributed by atoms with Crippen molar-refractivity contribution in [2.75, 3.05) is 19.8 Å². The second kappa shape index (κ2) is 11.7. The maximum absolute atomic E-state index is 16.0. The van der Waals surface area contributed by atoms with Gasteiger partial charge in [-0.15, -0.1) is 0 Å². The van der Waals surface area contributed by atoms with Crippen LogP contribution in [0.4, 0.5) is 9.18 Å². The highest BCUT2D eigenvalue weighted by atomic mass is 18.2. The monoisotopic (exact) mass is 527 g/mol. The number of nitrogens with zero attached hydrogens (tertiary/aromatic N) is 2. The van der Waals surface area contributed by atoms with Crippen LogP contribution in [0.3, 0.4) is 0 Å². The lowest BCUT2D eigenvalue weighted by atomic mass is 10.1. The Bertz CT molecular complexity index is 1050. The SMILES string of the molecule is Cc1cn([C@@H]2O[C@H](COC3CCCCO3)[C@@H](OC3CCCCO3)[C@@H]2[18F])c(=O)n(C(=O)OC(C)(C)C)c1=O. The van der Waals surface area contributed by atoms with Crippen LogP contribution in [0.15, 0.2) is 15.8 Å². The van der Waals surface area contributed by atoms with Gasteiger partial charge in [0.2, 0.25) is 0 Å². The van der Waals surface area contributed by atoms with Gasteiger partial charge in [0.25, 0.3) is 5.56 Å². The Hall–Kier alpha value is -2.12. The molecule has 12 heteroatoms. The number of carbonyl (C=O) groups is 1. The molecule has 2 unspecified atom stereocenters. The molecular formula is C25H37FN2O9. The lowest BCUT2D eigenvalue weighted by Gasteiger charge is -2.29. The first-order chi connectivity index (χ1) is 17.5. The first kappa shape index (κ1) is 27.9. The van der Waals surface area contributed by atoms with E-state index in [-0.39, 0.29) is 12.2 Å². The molecule has 0 saturated carbocycles. The van der Waals surface area contributed by atoms with E-state index < -0.39 is 60.1 Å². The zero-order chi connectivity index (χ0) is 26.7. The number of carbonyl (C=O) groups excluding carboxylic acids is 1. The van der Waals surface area contributed by atoms with Crippen molar-refractivity contribution < 1.29 is 37.6 Å². The van der Waals surface area contributed by atoms with Crippen LogP contribution in [0.2, 0.25) is 0 Å². The molecule has 0 aromatic carbocycles. The minimum absolute atomic E-state index is 0.0294. The number of hydrogen-bond donors (Lipinski definition) is 0. The first-order valence-electron chi connectivity index (χ1n) is 12.9. The molecule has 1 aromatic rings. The summed E-state index contributed by atoms with van der Waals surface area (Å²) in [5.41, 5.74) is -2.82. The van der Waals surface area contributed by atoms with E-state index in [1.807, 2.05) is 0 Å². The molecule has 4 rings (SSSR count). The standard InChI is InChI=1S/C25H37FN2O9/c1-15-13-27(23(30)28(21(15)29)24(31)37-25(2,3)4)22-19(26)20(36-18-10-6-8-12-33-18)16(35-22)14-34-17-9-5-7-11-32-17/h13,16-20,22H,5-12,14H2,1-4H3/t16-,17?,18?,19+,20-,22-/m1/s1/i26-1. The van der Waals surface area contributed by atoms with Gasteiger partial charge in [0.15, 0.2) is 25.0 Å². The highest BCUT2D eigenvalue weighted by molar-refractivity contribution is 5.70. The lowest BCUT2D eigenvalue weighted by Crippen LogP contribution is -2.48. The molecule has 3 aliphatic rings. The fourth-order valence-electron chi connectivity index (χ4n) is 4.60. The van der Waals surface area contributed by atoms with Crippen molar-refractivity contribution in [3.8, 4) is 0 Å². The maximum Gasteiger partial charge on any atom is 0.425 e. The molecule has 0 aliphatic carbocycles. The average molecular weight is 528 g/mol. The third kappa shape index (κ3) is 6.66. The number of halogens is 1. The zero-order valence-electron chi connectivity index (χ0n) is 21.9. The largest absolute Gasteiger partial charge is 0.443 e. The van der Waals surface area contributed by atoms with Crippen molar-refractivity contribution >= 4 is 6.09 Å². The van der Waals surface area contributed by atoms with Gasteiger partial charge in [-0.3, -0.25) is 9.36 Å². The van der Waals surface area contributed by atoms with E-state index >= 15 is 4.39 Å². The molecule has 1 aromatic heterocycles. The normalized spacial score (nSPS) is 30.8. The number of alkyl halides is 1. The van der Waals surface area contributed by atoms with Crippen LogP contribution >= 0.6 is 0 Å². The Morgan fingerprint density at radius 1 is 1.08 bits per heavy atom. The van der Waals surface area contributed by atoms with Gasteiger partial charge < -0.3 is 28.4 Å². The minimum atomic E-state index is -1.81. The summed E-state index contributed by atoms with van der Waals surface area (Å²) in [6.07, 6.45) is -1.25. The highest BCUT2D eigenvalue weighted by Crippen LogP contribution is 2.35. The summed E-state index contributed by atoms with van der Waals surface area (Å²) in [4.78, 5) is 38.6. The molecule has 3 saturated heterocycles. The van der Waals surface area contributed by atoms with Gasteiger partial charge in [0, 0.05) is 25.0 Å². The maximum atomic E-state index is 16.0. The average Bonchev–Trinajstić information content (AvgIpc) is 3.15. The molecule has 3 aliphatic heterocycles. The predicted octanol–water partition coefficient (Wildman–Crippen LogP) is 2.79. The zero-order valence-corrected chi connectivity index (χ0v) is 21.9. The summed E-state index contributed by atoms with van der Waals surface area (Å²) in [6.45, 7) is 7.31. The predicted molar refractivity (Wildman–Crippen MR) is 128 cm³/mol. The molecule has 0 radical (unpaired) electrons. The van der Waals surface area contributed by atoms with E-state index in [1.165, 1.54) is 13.1 Å². The van der Waals surface area contributed by atoms with Crippen molar-refractivity contribution in [3.05, 3.63) is 32.6 Å². The van der Waals surface area contributed by atoms with Crippen LogP contribution < -0.4 is 11.2 Å². The van der Waals surface area contributed by atoms with E-state index in [4.69, 9.17) is 28.4 Å². The fourth-order valence-corrected chi connectivity index (χ4v) is 4.60. The van der Waals surface area contributed by atoms with Crippen LogP contribution in [0, 0.1) is 6.92 Å². The first-order valence-corrected chi connectivity index (χ1v) is 12.9. The smallest absolute Gasteiger partial charge is 0.425 e. The van der Waals surface area contributed by atoms with Gasteiger partial charge in [-0.1, -0.05) is 0 Å². The lowest BCUT2D eigenvalue weighted by molar-refractivity contribution is -0.220. The van der Waals surface area contributed by atoms with Crippen molar-refractivity contribution in [1.29, 1.82) is 0 Å². The summed E-state index contributed by atoms with van der Waals surface area (Å²) in [5, 5.41) is 0. The van der Waals surface area contributed by atoms with Crippen molar-refractivity contribution in [2.24, 2.45) is 0 Å². The van der Waals surface area contributed by atoms with Crippen molar-refractivity contribution in [3.63, 3.8) is 0 Å². The topological polar surface area (TPSA) is 116 Å². The number of ether oxygens (including phenoxy) is 6.